The standard InChI is InChI=1S/C15H13FO3/c1-10(17)15-13(16)4-3-5-14(15)19-12-8-6-11(18-2)7-9-12/h3-9H,1-2H3. The third-order valence-electron chi connectivity index (χ3n) is 2.61. The number of halogens is 1. The van der Waals surface area contributed by atoms with Gasteiger partial charge in [0.1, 0.15) is 23.1 Å². The molecule has 0 heterocycles. The minimum atomic E-state index is -0.585. The Hall–Kier alpha value is -2.36. The van der Waals surface area contributed by atoms with Crippen LogP contribution in [0.15, 0.2) is 42.5 Å². The van der Waals surface area contributed by atoms with Crippen molar-refractivity contribution in [2.45, 2.75) is 6.92 Å². The Kier molecular flexibility index (Phi) is 3.80. The summed E-state index contributed by atoms with van der Waals surface area (Å²) in [4.78, 5) is 11.4. The van der Waals surface area contributed by atoms with E-state index in [4.69, 9.17) is 9.47 Å². The summed E-state index contributed by atoms with van der Waals surface area (Å²) >= 11 is 0. The highest BCUT2D eigenvalue weighted by molar-refractivity contribution is 5.97. The Labute approximate surface area is 110 Å². The van der Waals surface area contributed by atoms with Crippen LogP contribution in [0.2, 0.25) is 0 Å². The molecule has 3 nitrogen and oxygen atoms in total. The molecule has 2 rings (SSSR count). The summed E-state index contributed by atoms with van der Waals surface area (Å²) in [5.74, 6) is 0.449. The molecule has 0 saturated carbocycles. The molecule has 0 fully saturated rings. The van der Waals surface area contributed by atoms with Gasteiger partial charge in [0.15, 0.2) is 5.78 Å². The van der Waals surface area contributed by atoms with Gasteiger partial charge in [0.2, 0.25) is 0 Å². The number of rotatable bonds is 4. The molecule has 0 aromatic heterocycles. The number of ether oxygens (including phenoxy) is 2. The molecule has 0 unspecified atom stereocenters. The second kappa shape index (κ2) is 5.52. The van der Waals surface area contributed by atoms with Crippen molar-refractivity contribution in [2.75, 3.05) is 7.11 Å². The van der Waals surface area contributed by atoms with E-state index in [2.05, 4.69) is 0 Å². The molecule has 98 valence electrons. The summed E-state index contributed by atoms with van der Waals surface area (Å²) in [5.41, 5.74) is -0.0432. The SMILES string of the molecule is COc1ccc(Oc2cccc(F)c2C(C)=O)cc1. The number of hydrogen-bond donors (Lipinski definition) is 0. The molecule has 0 amide bonds. The number of Topliss-reactive ketones (excluding diaryl/α,β-unsaturated/α-hetero) is 1. The van der Waals surface area contributed by atoms with E-state index in [-0.39, 0.29) is 17.1 Å². The van der Waals surface area contributed by atoms with E-state index < -0.39 is 5.82 Å². The smallest absolute Gasteiger partial charge is 0.166 e. The molecule has 0 saturated heterocycles. The lowest BCUT2D eigenvalue weighted by Crippen LogP contribution is -2.00. The first-order chi connectivity index (χ1) is 9.11. The first-order valence-electron chi connectivity index (χ1n) is 5.73. The topological polar surface area (TPSA) is 35.5 Å². The highest BCUT2D eigenvalue weighted by Gasteiger charge is 2.14. The van der Waals surface area contributed by atoms with Crippen LogP contribution in [0.25, 0.3) is 0 Å². The summed E-state index contributed by atoms with van der Waals surface area (Å²) in [7, 11) is 1.57. The van der Waals surface area contributed by atoms with Crippen LogP contribution >= 0.6 is 0 Å². The summed E-state index contributed by atoms with van der Waals surface area (Å²) in [6.07, 6.45) is 0. The zero-order valence-corrected chi connectivity index (χ0v) is 10.6. The van der Waals surface area contributed by atoms with Gasteiger partial charge in [0.05, 0.1) is 12.7 Å². The zero-order chi connectivity index (χ0) is 13.8. The van der Waals surface area contributed by atoms with Crippen molar-refractivity contribution in [1.82, 2.24) is 0 Å². The lowest BCUT2D eigenvalue weighted by atomic mass is 10.1. The molecule has 0 radical (unpaired) electrons. The molecule has 0 bridgehead atoms. The maximum atomic E-state index is 13.6. The van der Waals surface area contributed by atoms with Crippen LogP contribution in [0, 0.1) is 5.82 Å². The van der Waals surface area contributed by atoms with Crippen LogP contribution in [0.1, 0.15) is 17.3 Å². The van der Waals surface area contributed by atoms with Crippen molar-refractivity contribution in [3.8, 4) is 17.2 Å². The molecule has 4 heteroatoms. The van der Waals surface area contributed by atoms with Crippen molar-refractivity contribution >= 4 is 5.78 Å². The fourth-order valence-corrected chi connectivity index (χ4v) is 1.70. The van der Waals surface area contributed by atoms with Crippen LogP contribution in [-0.2, 0) is 0 Å². The number of carbonyl (C=O) groups is 1. The second-order valence-electron chi connectivity index (χ2n) is 3.95. The summed E-state index contributed by atoms with van der Waals surface area (Å²) in [5, 5.41) is 0. The minimum Gasteiger partial charge on any atom is -0.497 e. The lowest BCUT2D eigenvalue weighted by Gasteiger charge is -2.10. The highest BCUT2D eigenvalue weighted by atomic mass is 19.1. The van der Waals surface area contributed by atoms with Gasteiger partial charge in [0, 0.05) is 0 Å². The quantitative estimate of drug-likeness (QED) is 0.784. The lowest BCUT2D eigenvalue weighted by molar-refractivity contribution is 0.101. The van der Waals surface area contributed by atoms with E-state index in [1.54, 1.807) is 37.4 Å². The highest BCUT2D eigenvalue weighted by Crippen LogP contribution is 2.28. The second-order valence-corrected chi connectivity index (χ2v) is 3.95. The van der Waals surface area contributed by atoms with Gasteiger partial charge in [-0.15, -0.1) is 0 Å². The average Bonchev–Trinajstić information content (AvgIpc) is 2.39. The summed E-state index contributed by atoms with van der Waals surface area (Å²) in [6.45, 7) is 1.30. The summed E-state index contributed by atoms with van der Waals surface area (Å²) < 4.78 is 24.2. The van der Waals surface area contributed by atoms with E-state index in [0.29, 0.717) is 11.5 Å². The molecule has 0 aliphatic heterocycles. The first-order valence-corrected chi connectivity index (χ1v) is 5.73. The van der Waals surface area contributed by atoms with Crippen molar-refractivity contribution in [1.29, 1.82) is 0 Å². The minimum absolute atomic E-state index is 0.0432. The Morgan fingerprint density at radius 1 is 1.05 bits per heavy atom. The third-order valence-corrected chi connectivity index (χ3v) is 2.61. The van der Waals surface area contributed by atoms with Crippen LogP contribution < -0.4 is 9.47 Å². The molecular formula is C15H13FO3. The van der Waals surface area contributed by atoms with E-state index in [1.165, 1.54) is 19.1 Å². The first kappa shape index (κ1) is 13.1. The number of ketones is 1. The molecule has 0 N–H and O–H groups in total. The molecule has 0 aliphatic rings. The number of methoxy groups -OCH3 is 1. The van der Waals surface area contributed by atoms with E-state index in [9.17, 15) is 9.18 Å². The van der Waals surface area contributed by atoms with Gasteiger partial charge in [-0.05, 0) is 43.3 Å². The number of carbonyl (C=O) groups excluding carboxylic acids is 1. The Morgan fingerprint density at radius 3 is 2.26 bits per heavy atom. The van der Waals surface area contributed by atoms with Gasteiger partial charge < -0.3 is 9.47 Å². The van der Waals surface area contributed by atoms with Crippen LogP contribution in [0.3, 0.4) is 0 Å². The van der Waals surface area contributed by atoms with E-state index >= 15 is 0 Å². The van der Waals surface area contributed by atoms with Crippen LogP contribution in [0.5, 0.6) is 17.2 Å². The van der Waals surface area contributed by atoms with Gasteiger partial charge in [-0.25, -0.2) is 4.39 Å². The maximum Gasteiger partial charge on any atom is 0.166 e. The van der Waals surface area contributed by atoms with Crippen molar-refractivity contribution in [3.63, 3.8) is 0 Å². The molecule has 0 atom stereocenters. The van der Waals surface area contributed by atoms with Gasteiger partial charge in [-0.3, -0.25) is 4.79 Å². The van der Waals surface area contributed by atoms with E-state index in [1.807, 2.05) is 0 Å². The van der Waals surface area contributed by atoms with Gasteiger partial charge in [-0.1, -0.05) is 6.07 Å². The van der Waals surface area contributed by atoms with E-state index in [0.717, 1.165) is 0 Å². The summed E-state index contributed by atoms with van der Waals surface area (Å²) in [6, 6.07) is 11.1. The van der Waals surface area contributed by atoms with Gasteiger partial charge >= 0.3 is 0 Å². The molecule has 2 aromatic carbocycles. The average molecular weight is 260 g/mol. The molecule has 19 heavy (non-hydrogen) atoms. The zero-order valence-electron chi connectivity index (χ0n) is 10.6. The molecule has 2 aromatic rings. The Balaban J connectivity index is 2.32. The fraction of sp³-hybridized carbons (Fsp3) is 0.133. The van der Waals surface area contributed by atoms with Gasteiger partial charge in [0.25, 0.3) is 0 Å². The predicted octanol–water partition coefficient (Wildman–Crippen LogP) is 3.83. The van der Waals surface area contributed by atoms with Crippen molar-refractivity contribution < 1.29 is 18.7 Å². The monoisotopic (exact) mass is 260 g/mol. The predicted molar refractivity (Wildman–Crippen MR) is 69.5 cm³/mol. The Morgan fingerprint density at radius 2 is 1.68 bits per heavy atom. The van der Waals surface area contributed by atoms with Crippen LogP contribution in [-0.4, -0.2) is 12.9 Å². The fourth-order valence-electron chi connectivity index (χ4n) is 1.70. The normalized spacial score (nSPS) is 10.1. The number of hydrogen-bond acceptors (Lipinski definition) is 3. The molecular weight excluding hydrogens is 247 g/mol. The van der Waals surface area contributed by atoms with Gasteiger partial charge in [-0.2, -0.15) is 0 Å². The molecule has 0 aliphatic carbocycles. The van der Waals surface area contributed by atoms with Crippen LogP contribution in [0.4, 0.5) is 4.39 Å². The maximum absolute atomic E-state index is 13.6. The largest absolute Gasteiger partial charge is 0.497 e. The van der Waals surface area contributed by atoms with Crippen molar-refractivity contribution in [2.24, 2.45) is 0 Å². The number of benzene rings is 2. The Bertz CT molecular complexity index is 591. The molecule has 0 spiro atoms. The van der Waals surface area contributed by atoms with Crippen molar-refractivity contribution in [3.05, 3.63) is 53.8 Å². The third kappa shape index (κ3) is 2.91.